The zero-order valence-corrected chi connectivity index (χ0v) is 13.5. The van der Waals surface area contributed by atoms with E-state index in [1.54, 1.807) is 7.11 Å². The van der Waals surface area contributed by atoms with Crippen molar-refractivity contribution < 1.29 is 4.74 Å². The Hall–Kier alpha value is -0.730. The Morgan fingerprint density at radius 1 is 1.32 bits per heavy atom. The van der Waals surface area contributed by atoms with Gasteiger partial charge in [-0.05, 0) is 42.5 Å². The first-order valence-electron chi connectivity index (χ1n) is 6.94. The molecule has 108 valence electrons. The smallest absolute Gasteiger partial charge is 0.120 e. The number of ether oxygens (including phenoxy) is 1. The Kier molecular flexibility index (Phi) is 6.15. The Labute approximate surface area is 122 Å². The van der Waals surface area contributed by atoms with Gasteiger partial charge >= 0.3 is 0 Å². The summed E-state index contributed by atoms with van der Waals surface area (Å²) in [6.45, 7) is 9.95. The molecule has 0 aliphatic heterocycles. The molecule has 1 atom stereocenters. The van der Waals surface area contributed by atoms with Crippen molar-refractivity contribution in [3.05, 3.63) is 28.8 Å². The van der Waals surface area contributed by atoms with Crippen LogP contribution in [-0.2, 0) is 0 Å². The fourth-order valence-electron chi connectivity index (χ4n) is 2.14. The molecule has 0 aliphatic rings. The van der Waals surface area contributed by atoms with E-state index in [0.717, 1.165) is 35.7 Å². The van der Waals surface area contributed by atoms with Crippen molar-refractivity contribution in [3.8, 4) is 5.75 Å². The third-order valence-electron chi connectivity index (χ3n) is 3.04. The zero-order valence-electron chi connectivity index (χ0n) is 12.7. The molecule has 1 rings (SSSR count). The van der Waals surface area contributed by atoms with Gasteiger partial charge in [0.25, 0.3) is 0 Å². The second-order valence-corrected chi connectivity index (χ2v) is 6.57. The highest BCUT2D eigenvalue weighted by Gasteiger charge is 2.21. The van der Waals surface area contributed by atoms with Crippen molar-refractivity contribution in [2.75, 3.05) is 13.7 Å². The fraction of sp³-hybridized carbons (Fsp3) is 0.625. The van der Waals surface area contributed by atoms with Gasteiger partial charge in [-0.2, -0.15) is 0 Å². The normalized spacial score (nSPS) is 13.4. The molecule has 0 spiro atoms. The second kappa shape index (κ2) is 7.16. The molecule has 0 aromatic heterocycles. The van der Waals surface area contributed by atoms with Crippen LogP contribution in [0, 0.1) is 5.41 Å². The molecule has 3 heteroatoms. The largest absolute Gasteiger partial charge is 0.497 e. The summed E-state index contributed by atoms with van der Waals surface area (Å²) in [4.78, 5) is 0. The second-order valence-electron chi connectivity index (χ2n) is 6.16. The lowest BCUT2D eigenvalue weighted by atomic mass is 9.85. The molecule has 1 aromatic rings. The van der Waals surface area contributed by atoms with E-state index < -0.39 is 0 Å². The van der Waals surface area contributed by atoms with E-state index in [9.17, 15) is 0 Å². The Morgan fingerprint density at radius 3 is 2.47 bits per heavy atom. The molecule has 0 heterocycles. The molecule has 0 aliphatic carbocycles. The lowest BCUT2D eigenvalue weighted by molar-refractivity contribution is 0.311. The molecule has 0 radical (unpaired) electrons. The molecule has 0 fully saturated rings. The van der Waals surface area contributed by atoms with Crippen molar-refractivity contribution in [2.24, 2.45) is 5.41 Å². The summed E-state index contributed by atoms with van der Waals surface area (Å²) in [5, 5.41) is 4.37. The average molecular weight is 284 g/mol. The zero-order chi connectivity index (χ0) is 14.5. The Morgan fingerprint density at radius 2 is 2.00 bits per heavy atom. The van der Waals surface area contributed by atoms with Crippen LogP contribution in [0.15, 0.2) is 18.2 Å². The third-order valence-corrected chi connectivity index (χ3v) is 3.37. The van der Waals surface area contributed by atoms with E-state index in [1.807, 2.05) is 12.1 Å². The quantitative estimate of drug-likeness (QED) is 0.808. The van der Waals surface area contributed by atoms with Gasteiger partial charge in [0.05, 0.1) is 7.11 Å². The summed E-state index contributed by atoms with van der Waals surface area (Å²) in [5.41, 5.74) is 1.42. The van der Waals surface area contributed by atoms with Crippen LogP contribution in [0.25, 0.3) is 0 Å². The van der Waals surface area contributed by atoms with E-state index in [2.05, 4.69) is 39.1 Å². The number of hydrogen-bond acceptors (Lipinski definition) is 2. The van der Waals surface area contributed by atoms with Crippen LogP contribution in [0.2, 0.25) is 5.02 Å². The topological polar surface area (TPSA) is 21.3 Å². The molecule has 0 amide bonds. The van der Waals surface area contributed by atoms with Gasteiger partial charge in [0, 0.05) is 11.1 Å². The van der Waals surface area contributed by atoms with E-state index in [0.29, 0.717) is 6.04 Å². The highest BCUT2D eigenvalue weighted by molar-refractivity contribution is 6.31. The van der Waals surface area contributed by atoms with Gasteiger partial charge in [0.2, 0.25) is 0 Å². The highest BCUT2D eigenvalue weighted by Crippen LogP contribution is 2.34. The maximum absolute atomic E-state index is 6.39. The van der Waals surface area contributed by atoms with Crippen molar-refractivity contribution >= 4 is 11.6 Å². The average Bonchev–Trinajstić information content (AvgIpc) is 2.33. The first kappa shape index (κ1) is 16.3. The monoisotopic (exact) mass is 283 g/mol. The van der Waals surface area contributed by atoms with Crippen LogP contribution >= 0.6 is 11.6 Å². The molecule has 19 heavy (non-hydrogen) atoms. The summed E-state index contributed by atoms with van der Waals surface area (Å²) in [5.74, 6) is 0.804. The van der Waals surface area contributed by atoms with Gasteiger partial charge in [0.15, 0.2) is 0 Å². The Bertz CT molecular complexity index is 398. The van der Waals surface area contributed by atoms with E-state index >= 15 is 0 Å². The molecule has 1 unspecified atom stereocenters. The lowest BCUT2D eigenvalue weighted by Gasteiger charge is -2.28. The van der Waals surface area contributed by atoms with Gasteiger partial charge in [-0.3, -0.25) is 0 Å². The summed E-state index contributed by atoms with van der Waals surface area (Å²) in [7, 11) is 1.66. The first-order valence-corrected chi connectivity index (χ1v) is 7.32. The van der Waals surface area contributed by atoms with Crippen LogP contribution in [0.1, 0.15) is 52.1 Å². The predicted octanol–water partition coefficient (Wildman–Crippen LogP) is 4.83. The minimum absolute atomic E-state index is 0.259. The standard InChI is InChI=1S/C16H26ClNO/c1-6-9-18-15(11-16(2,3)4)13-8-7-12(19-5)10-14(13)17/h7-8,10,15,18H,6,9,11H2,1-5H3. The fourth-order valence-corrected chi connectivity index (χ4v) is 2.44. The number of benzene rings is 1. The molecule has 0 bridgehead atoms. The van der Waals surface area contributed by atoms with E-state index in [-0.39, 0.29) is 5.41 Å². The molecule has 0 saturated carbocycles. The maximum atomic E-state index is 6.39. The van der Waals surface area contributed by atoms with Crippen molar-refractivity contribution in [3.63, 3.8) is 0 Å². The summed E-state index contributed by atoms with van der Waals surface area (Å²) in [6, 6.07) is 6.23. The summed E-state index contributed by atoms with van der Waals surface area (Å²) in [6.07, 6.45) is 2.17. The van der Waals surface area contributed by atoms with Crippen molar-refractivity contribution in [2.45, 2.75) is 46.6 Å². The SMILES string of the molecule is CCCNC(CC(C)(C)C)c1ccc(OC)cc1Cl. The van der Waals surface area contributed by atoms with E-state index in [4.69, 9.17) is 16.3 Å². The van der Waals surface area contributed by atoms with Crippen molar-refractivity contribution in [1.29, 1.82) is 0 Å². The van der Waals surface area contributed by atoms with Crippen LogP contribution < -0.4 is 10.1 Å². The number of rotatable bonds is 6. The van der Waals surface area contributed by atoms with Crippen molar-refractivity contribution in [1.82, 2.24) is 5.32 Å². The van der Waals surface area contributed by atoms with Crippen LogP contribution in [0.4, 0.5) is 0 Å². The predicted molar refractivity (Wildman–Crippen MR) is 83.1 cm³/mol. The van der Waals surface area contributed by atoms with Gasteiger partial charge in [-0.1, -0.05) is 45.4 Å². The molecule has 1 aromatic carbocycles. The number of hydrogen-bond donors (Lipinski definition) is 1. The van der Waals surface area contributed by atoms with E-state index in [1.165, 1.54) is 0 Å². The molecular weight excluding hydrogens is 258 g/mol. The maximum Gasteiger partial charge on any atom is 0.120 e. The number of nitrogens with one attached hydrogen (secondary N) is 1. The molecule has 1 N–H and O–H groups in total. The van der Waals surface area contributed by atoms with Crippen LogP contribution in [-0.4, -0.2) is 13.7 Å². The molecular formula is C16H26ClNO. The van der Waals surface area contributed by atoms with Gasteiger partial charge in [0.1, 0.15) is 5.75 Å². The number of methoxy groups -OCH3 is 1. The molecule has 2 nitrogen and oxygen atoms in total. The molecule has 0 saturated heterocycles. The summed E-state index contributed by atoms with van der Waals surface area (Å²) >= 11 is 6.39. The van der Waals surface area contributed by atoms with Crippen LogP contribution in [0.3, 0.4) is 0 Å². The minimum atomic E-state index is 0.259. The lowest BCUT2D eigenvalue weighted by Crippen LogP contribution is -2.26. The van der Waals surface area contributed by atoms with Crippen LogP contribution in [0.5, 0.6) is 5.75 Å². The summed E-state index contributed by atoms with van der Waals surface area (Å²) < 4.78 is 5.21. The third kappa shape index (κ3) is 5.42. The minimum Gasteiger partial charge on any atom is -0.497 e. The van der Waals surface area contributed by atoms with Gasteiger partial charge < -0.3 is 10.1 Å². The highest BCUT2D eigenvalue weighted by atomic mass is 35.5. The van der Waals surface area contributed by atoms with Gasteiger partial charge in [-0.15, -0.1) is 0 Å². The Balaban J connectivity index is 2.96. The van der Waals surface area contributed by atoms with Gasteiger partial charge in [-0.25, -0.2) is 0 Å². The number of halogens is 1. The first-order chi connectivity index (χ1) is 8.87.